The zero-order valence-electron chi connectivity index (χ0n) is 11.3. The first-order chi connectivity index (χ1) is 9.66. The van der Waals surface area contributed by atoms with E-state index < -0.39 is 5.82 Å². The maximum Gasteiger partial charge on any atom is 0.165 e. The summed E-state index contributed by atoms with van der Waals surface area (Å²) < 4.78 is 19.0. The van der Waals surface area contributed by atoms with Crippen LogP contribution < -0.4 is 10.5 Å². The van der Waals surface area contributed by atoms with Crippen molar-refractivity contribution in [1.29, 1.82) is 0 Å². The molecule has 0 spiro atoms. The summed E-state index contributed by atoms with van der Waals surface area (Å²) in [5.74, 6) is 5.57. The van der Waals surface area contributed by atoms with Gasteiger partial charge in [0.25, 0.3) is 0 Å². The zero-order chi connectivity index (χ0) is 14.4. The maximum absolute atomic E-state index is 13.7. The van der Waals surface area contributed by atoms with Crippen molar-refractivity contribution in [3.05, 3.63) is 65.5 Å². The number of rotatable bonds is 3. The van der Waals surface area contributed by atoms with Crippen molar-refractivity contribution in [3.8, 4) is 17.6 Å². The van der Waals surface area contributed by atoms with Crippen LogP contribution in [-0.2, 0) is 0 Å². The van der Waals surface area contributed by atoms with E-state index in [4.69, 9.17) is 10.5 Å². The van der Waals surface area contributed by atoms with Gasteiger partial charge in [-0.25, -0.2) is 4.39 Å². The molecule has 0 bridgehead atoms. The fourth-order valence-corrected chi connectivity index (χ4v) is 1.69. The van der Waals surface area contributed by atoms with E-state index in [2.05, 4.69) is 11.8 Å². The van der Waals surface area contributed by atoms with Crippen LogP contribution in [0.5, 0.6) is 5.75 Å². The van der Waals surface area contributed by atoms with Gasteiger partial charge in [0, 0.05) is 11.6 Å². The van der Waals surface area contributed by atoms with E-state index in [1.807, 2.05) is 30.3 Å². The Bertz CT molecular complexity index is 626. The van der Waals surface area contributed by atoms with Gasteiger partial charge >= 0.3 is 0 Å². The van der Waals surface area contributed by atoms with Crippen LogP contribution in [0, 0.1) is 17.7 Å². The smallest absolute Gasteiger partial charge is 0.165 e. The largest absolute Gasteiger partial charge is 0.478 e. The first-order valence-electron chi connectivity index (χ1n) is 6.38. The molecule has 2 N–H and O–H groups in total. The number of ether oxygens (including phenoxy) is 1. The predicted octanol–water partition coefficient (Wildman–Crippen LogP) is 3.28. The fourth-order valence-electron chi connectivity index (χ4n) is 1.69. The van der Waals surface area contributed by atoms with Crippen LogP contribution in [0.25, 0.3) is 0 Å². The van der Waals surface area contributed by atoms with Crippen molar-refractivity contribution in [3.63, 3.8) is 0 Å². The number of benzene rings is 2. The summed E-state index contributed by atoms with van der Waals surface area (Å²) in [7, 11) is 0. The van der Waals surface area contributed by atoms with Crippen LogP contribution in [0.1, 0.15) is 24.1 Å². The highest BCUT2D eigenvalue weighted by Crippen LogP contribution is 2.20. The molecular formula is C17H16FNO. The summed E-state index contributed by atoms with van der Waals surface area (Å²) in [4.78, 5) is 0. The molecule has 2 nitrogen and oxygen atoms in total. The minimum atomic E-state index is -0.415. The molecule has 2 aromatic rings. The third-order valence-corrected chi connectivity index (χ3v) is 2.79. The first kappa shape index (κ1) is 14.1. The molecule has 2 rings (SSSR count). The third-order valence-electron chi connectivity index (χ3n) is 2.79. The van der Waals surface area contributed by atoms with Gasteiger partial charge in [-0.1, -0.05) is 36.1 Å². The highest BCUT2D eigenvalue weighted by Gasteiger charge is 2.06. The number of hydrogen-bond donors (Lipinski definition) is 1. The molecule has 20 heavy (non-hydrogen) atoms. The molecule has 0 aromatic heterocycles. The van der Waals surface area contributed by atoms with E-state index >= 15 is 0 Å². The topological polar surface area (TPSA) is 35.2 Å². The highest BCUT2D eigenvalue weighted by atomic mass is 19.1. The van der Waals surface area contributed by atoms with Gasteiger partial charge in [0.15, 0.2) is 11.6 Å². The molecule has 0 amide bonds. The molecule has 2 aromatic carbocycles. The van der Waals surface area contributed by atoms with Gasteiger partial charge in [-0.05, 0) is 36.8 Å². The van der Waals surface area contributed by atoms with E-state index in [0.717, 1.165) is 11.1 Å². The molecule has 1 atom stereocenters. The Morgan fingerprint density at radius 3 is 2.60 bits per heavy atom. The SMILES string of the molecule is C[C@@H](N)c1ccc(OCC#Cc2ccccc2)c(F)c1. The Hall–Kier alpha value is -2.31. The summed E-state index contributed by atoms with van der Waals surface area (Å²) in [6.07, 6.45) is 0. The predicted molar refractivity (Wildman–Crippen MR) is 77.8 cm³/mol. The van der Waals surface area contributed by atoms with Crippen LogP contribution in [0.2, 0.25) is 0 Å². The molecule has 0 saturated carbocycles. The van der Waals surface area contributed by atoms with E-state index in [0.29, 0.717) is 0 Å². The number of halogens is 1. The Labute approximate surface area is 118 Å². The van der Waals surface area contributed by atoms with Crippen molar-refractivity contribution in [1.82, 2.24) is 0 Å². The third kappa shape index (κ3) is 3.84. The van der Waals surface area contributed by atoms with Gasteiger partial charge in [-0.15, -0.1) is 0 Å². The summed E-state index contributed by atoms with van der Waals surface area (Å²) in [6.45, 7) is 1.95. The van der Waals surface area contributed by atoms with Gasteiger partial charge < -0.3 is 10.5 Å². The van der Waals surface area contributed by atoms with Crippen molar-refractivity contribution in [2.45, 2.75) is 13.0 Å². The summed E-state index contributed by atoms with van der Waals surface area (Å²) in [5, 5.41) is 0. The Kier molecular flexibility index (Phi) is 4.75. The molecule has 102 valence electrons. The van der Waals surface area contributed by atoms with Crippen LogP contribution in [0.3, 0.4) is 0 Å². The fraction of sp³-hybridized carbons (Fsp3) is 0.176. The summed E-state index contributed by atoms with van der Waals surface area (Å²) in [5.41, 5.74) is 7.34. The van der Waals surface area contributed by atoms with Crippen LogP contribution in [0.4, 0.5) is 4.39 Å². The highest BCUT2D eigenvalue weighted by molar-refractivity contribution is 5.34. The Morgan fingerprint density at radius 2 is 1.95 bits per heavy atom. The van der Waals surface area contributed by atoms with E-state index in [-0.39, 0.29) is 18.4 Å². The van der Waals surface area contributed by atoms with Crippen LogP contribution in [0.15, 0.2) is 48.5 Å². The molecular weight excluding hydrogens is 253 g/mol. The molecule has 0 unspecified atom stereocenters. The molecule has 0 aliphatic rings. The first-order valence-corrected chi connectivity index (χ1v) is 6.38. The second-order valence-corrected chi connectivity index (χ2v) is 4.44. The molecule has 0 radical (unpaired) electrons. The summed E-state index contributed by atoms with van der Waals surface area (Å²) in [6, 6.07) is 14.1. The normalized spacial score (nSPS) is 11.3. The second-order valence-electron chi connectivity index (χ2n) is 4.44. The lowest BCUT2D eigenvalue weighted by atomic mass is 10.1. The minimum Gasteiger partial charge on any atom is -0.478 e. The maximum atomic E-state index is 13.7. The van der Waals surface area contributed by atoms with Crippen molar-refractivity contribution in [2.24, 2.45) is 5.73 Å². The molecule has 0 aliphatic heterocycles. The van der Waals surface area contributed by atoms with E-state index in [9.17, 15) is 4.39 Å². The lowest BCUT2D eigenvalue weighted by molar-refractivity contribution is 0.347. The van der Waals surface area contributed by atoms with E-state index in [1.54, 1.807) is 19.1 Å². The van der Waals surface area contributed by atoms with E-state index in [1.165, 1.54) is 6.07 Å². The average molecular weight is 269 g/mol. The van der Waals surface area contributed by atoms with Gasteiger partial charge in [-0.2, -0.15) is 0 Å². The number of nitrogens with two attached hydrogens (primary N) is 1. The van der Waals surface area contributed by atoms with Gasteiger partial charge in [0.2, 0.25) is 0 Å². The molecule has 0 saturated heterocycles. The molecule has 0 aliphatic carbocycles. The van der Waals surface area contributed by atoms with Crippen molar-refractivity contribution in [2.75, 3.05) is 6.61 Å². The molecule has 0 heterocycles. The molecule has 0 fully saturated rings. The van der Waals surface area contributed by atoms with Gasteiger partial charge in [-0.3, -0.25) is 0 Å². The van der Waals surface area contributed by atoms with Gasteiger partial charge in [0.05, 0.1) is 0 Å². The van der Waals surface area contributed by atoms with Crippen molar-refractivity contribution >= 4 is 0 Å². The standard InChI is InChI=1S/C17H16FNO/c1-13(19)15-9-10-17(16(18)12-15)20-11-5-8-14-6-3-2-4-7-14/h2-4,6-7,9-10,12-13H,11,19H2,1H3/t13-/m1/s1. The van der Waals surface area contributed by atoms with Gasteiger partial charge in [0.1, 0.15) is 6.61 Å². The lowest BCUT2D eigenvalue weighted by Gasteiger charge is -2.08. The Balaban J connectivity index is 1.97. The van der Waals surface area contributed by atoms with Crippen LogP contribution in [-0.4, -0.2) is 6.61 Å². The average Bonchev–Trinajstić information content (AvgIpc) is 2.46. The minimum absolute atomic E-state index is 0.142. The summed E-state index contributed by atoms with van der Waals surface area (Å²) >= 11 is 0. The monoisotopic (exact) mass is 269 g/mol. The Morgan fingerprint density at radius 1 is 1.20 bits per heavy atom. The zero-order valence-corrected chi connectivity index (χ0v) is 11.3. The quantitative estimate of drug-likeness (QED) is 0.868. The second kappa shape index (κ2) is 6.74. The van der Waals surface area contributed by atoms with Crippen LogP contribution >= 0.6 is 0 Å². The lowest BCUT2D eigenvalue weighted by Crippen LogP contribution is -2.06. The number of hydrogen-bond acceptors (Lipinski definition) is 2. The molecule has 3 heteroatoms. The van der Waals surface area contributed by atoms with Crippen molar-refractivity contribution < 1.29 is 9.13 Å².